The molecule has 0 radical (unpaired) electrons. The molecule has 2 heterocycles. The van der Waals surface area contributed by atoms with Crippen LogP contribution in [0.3, 0.4) is 0 Å². The van der Waals surface area contributed by atoms with E-state index in [1.54, 1.807) is 0 Å². The van der Waals surface area contributed by atoms with Gasteiger partial charge >= 0.3 is 0 Å². The van der Waals surface area contributed by atoms with Gasteiger partial charge in [-0.15, -0.1) is 0 Å². The SMILES string of the molecule is O=S1(=O)CCCC(NCC(c2ccccc2)N2CCOCC2)C1. The highest BCUT2D eigenvalue weighted by Crippen LogP contribution is 2.22. The zero-order valence-electron chi connectivity index (χ0n) is 13.5. The number of rotatable bonds is 5. The first-order valence-electron chi connectivity index (χ1n) is 8.45. The van der Waals surface area contributed by atoms with E-state index >= 15 is 0 Å². The maximum Gasteiger partial charge on any atom is 0.151 e. The van der Waals surface area contributed by atoms with Gasteiger partial charge in [-0.3, -0.25) is 4.90 Å². The van der Waals surface area contributed by atoms with E-state index in [0.29, 0.717) is 5.75 Å². The molecule has 6 heteroatoms. The van der Waals surface area contributed by atoms with Crippen LogP contribution >= 0.6 is 0 Å². The van der Waals surface area contributed by atoms with Gasteiger partial charge < -0.3 is 10.1 Å². The Labute approximate surface area is 138 Å². The molecular weight excluding hydrogens is 312 g/mol. The predicted molar refractivity (Wildman–Crippen MR) is 91.3 cm³/mol. The van der Waals surface area contributed by atoms with Crippen molar-refractivity contribution in [2.75, 3.05) is 44.4 Å². The molecular formula is C17H26N2O3S. The van der Waals surface area contributed by atoms with Crippen LogP contribution in [0, 0.1) is 0 Å². The molecule has 5 nitrogen and oxygen atoms in total. The molecule has 2 unspecified atom stereocenters. The number of morpholine rings is 1. The summed E-state index contributed by atoms with van der Waals surface area (Å²) in [5.41, 5.74) is 1.28. The molecule has 0 saturated carbocycles. The smallest absolute Gasteiger partial charge is 0.151 e. The lowest BCUT2D eigenvalue weighted by atomic mass is 10.0. The van der Waals surface area contributed by atoms with Crippen molar-refractivity contribution in [3.63, 3.8) is 0 Å². The van der Waals surface area contributed by atoms with E-state index in [-0.39, 0.29) is 17.8 Å². The van der Waals surface area contributed by atoms with Gasteiger partial charge in [0.05, 0.1) is 24.7 Å². The van der Waals surface area contributed by atoms with Gasteiger partial charge in [-0.05, 0) is 18.4 Å². The number of benzene rings is 1. The minimum Gasteiger partial charge on any atom is -0.379 e. The summed E-state index contributed by atoms with van der Waals surface area (Å²) in [6.07, 6.45) is 1.72. The summed E-state index contributed by atoms with van der Waals surface area (Å²) in [6, 6.07) is 10.8. The van der Waals surface area contributed by atoms with E-state index in [4.69, 9.17) is 4.74 Å². The molecule has 0 aliphatic carbocycles. The average molecular weight is 338 g/mol. The highest BCUT2D eigenvalue weighted by molar-refractivity contribution is 7.91. The molecule has 2 fully saturated rings. The maximum atomic E-state index is 11.8. The number of ether oxygens (including phenoxy) is 1. The van der Waals surface area contributed by atoms with E-state index in [2.05, 4.69) is 34.5 Å². The van der Waals surface area contributed by atoms with E-state index in [0.717, 1.165) is 45.7 Å². The topological polar surface area (TPSA) is 58.6 Å². The summed E-state index contributed by atoms with van der Waals surface area (Å²) in [4.78, 5) is 2.43. The first-order valence-corrected chi connectivity index (χ1v) is 10.3. The van der Waals surface area contributed by atoms with Crippen LogP contribution in [0.15, 0.2) is 30.3 Å². The standard InChI is InChI=1S/C17H26N2O3S/c20-23(21)12-4-7-16(14-23)18-13-17(15-5-2-1-3-6-15)19-8-10-22-11-9-19/h1-3,5-6,16-18H,4,7-14H2. The fourth-order valence-electron chi connectivity index (χ4n) is 3.48. The van der Waals surface area contributed by atoms with Crippen LogP contribution in [0.2, 0.25) is 0 Å². The summed E-state index contributed by atoms with van der Waals surface area (Å²) in [5.74, 6) is 0.619. The minimum atomic E-state index is -2.87. The van der Waals surface area contributed by atoms with Gasteiger partial charge in [0.1, 0.15) is 0 Å². The minimum absolute atomic E-state index is 0.0843. The Bertz CT molecular complexity index is 585. The molecule has 23 heavy (non-hydrogen) atoms. The molecule has 0 amide bonds. The lowest BCUT2D eigenvalue weighted by Crippen LogP contribution is -2.47. The molecule has 2 aliphatic rings. The second-order valence-electron chi connectivity index (χ2n) is 6.44. The number of hydrogen-bond acceptors (Lipinski definition) is 5. The van der Waals surface area contributed by atoms with Gasteiger partial charge in [0.15, 0.2) is 9.84 Å². The van der Waals surface area contributed by atoms with E-state index in [9.17, 15) is 8.42 Å². The summed E-state index contributed by atoms with van der Waals surface area (Å²) in [7, 11) is -2.87. The molecule has 1 aromatic carbocycles. The molecule has 0 bridgehead atoms. The molecule has 2 aliphatic heterocycles. The molecule has 0 spiro atoms. The van der Waals surface area contributed by atoms with Gasteiger partial charge in [0, 0.05) is 31.7 Å². The van der Waals surface area contributed by atoms with Crippen LogP contribution in [-0.4, -0.2) is 63.7 Å². The van der Waals surface area contributed by atoms with Crippen LogP contribution in [-0.2, 0) is 14.6 Å². The Morgan fingerprint density at radius 1 is 1.22 bits per heavy atom. The number of nitrogens with zero attached hydrogens (tertiary/aromatic N) is 1. The van der Waals surface area contributed by atoms with Crippen molar-refractivity contribution in [3.8, 4) is 0 Å². The fraction of sp³-hybridized carbons (Fsp3) is 0.647. The summed E-state index contributed by atoms with van der Waals surface area (Å²) >= 11 is 0. The van der Waals surface area contributed by atoms with Crippen LogP contribution in [0.25, 0.3) is 0 Å². The van der Waals surface area contributed by atoms with Crippen LogP contribution in [0.1, 0.15) is 24.4 Å². The van der Waals surface area contributed by atoms with Gasteiger partial charge in [-0.25, -0.2) is 8.42 Å². The summed E-state index contributed by atoms with van der Waals surface area (Å²) in [6.45, 7) is 4.15. The maximum absolute atomic E-state index is 11.8. The molecule has 0 aromatic heterocycles. The largest absolute Gasteiger partial charge is 0.379 e. The first-order chi connectivity index (χ1) is 11.1. The second-order valence-corrected chi connectivity index (χ2v) is 8.67. The number of hydrogen-bond donors (Lipinski definition) is 1. The zero-order chi connectivity index (χ0) is 16.1. The zero-order valence-corrected chi connectivity index (χ0v) is 14.3. The van der Waals surface area contributed by atoms with E-state index in [1.165, 1.54) is 5.56 Å². The van der Waals surface area contributed by atoms with Gasteiger partial charge in [0.25, 0.3) is 0 Å². The molecule has 1 N–H and O–H groups in total. The highest BCUT2D eigenvalue weighted by atomic mass is 32.2. The van der Waals surface area contributed by atoms with Crippen molar-refractivity contribution in [1.82, 2.24) is 10.2 Å². The van der Waals surface area contributed by atoms with Crippen molar-refractivity contribution in [1.29, 1.82) is 0 Å². The van der Waals surface area contributed by atoms with Crippen LogP contribution in [0.4, 0.5) is 0 Å². The Balaban J connectivity index is 1.66. The normalized spacial score (nSPS) is 26.7. The van der Waals surface area contributed by atoms with Crippen LogP contribution < -0.4 is 5.32 Å². The second kappa shape index (κ2) is 7.75. The molecule has 3 rings (SSSR count). The highest BCUT2D eigenvalue weighted by Gasteiger charge is 2.27. The lowest BCUT2D eigenvalue weighted by molar-refractivity contribution is 0.0157. The Kier molecular flexibility index (Phi) is 5.69. The number of sulfone groups is 1. The molecule has 1 aromatic rings. The third-order valence-corrected chi connectivity index (χ3v) is 6.55. The van der Waals surface area contributed by atoms with Crippen molar-refractivity contribution in [3.05, 3.63) is 35.9 Å². The third kappa shape index (κ3) is 4.76. The van der Waals surface area contributed by atoms with Crippen molar-refractivity contribution < 1.29 is 13.2 Å². The van der Waals surface area contributed by atoms with Gasteiger partial charge in [0.2, 0.25) is 0 Å². The van der Waals surface area contributed by atoms with Crippen molar-refractivity contribution in [2.45, 2.75) is 24.9 Å². The first kappa shape index (κ1) is 16.9. The van der Waals surface area contributed by atoms with Gasteiger partial charge in [-0.1, -0.05) is 30.3 Å². The van der Waals surface area contributed by atoms with Crippen molar-refractivity contribution >= 4 is 9.84 Å². The fourth-order valence-corrected chi connectivity index (χ4v) is 5.15. The molecule has 128 valence electrons. The Hall–Kier alpha value is -0.950. The molecule has 2 saturated heterocycles. The predicted octanol–water partition coefficient (Wildman–Crippen LogP) is 1.23. The summed E-state index contributed by atoms with van der Waals surface area (Å²) < 4.78 is 29.1. The van der Waals surface area contributed by atoms with Gasteiger partial charge in [-0.2, -0.15) is 0 Å². The van der Waals surface area contributed by atoms with Crippen molar-refractivity contribution in [2.24, 2.45) is 0 Å². The third-order valence-electron chi connectivity index (χ3n) is 4.73. The Morgan fingerprint density at radius 3 is 2.65 bits per heavy atom. The quantitative estimate of drug-likeness (QED) is 0.875. The van der Waals surface area contributed by atoms with E-state index < -0.39 is 9.84 Å². The van der Waals surface area contributed by atoms with Crippen LogP contribution in [0.5, 0.6) is 0 Å². The molecule has 2 atom stereocenters. The Morgan fingerprint density at radius 2 is 1.96 bits per heavy atom. The monoisotopic (exact) mass is 338 g/mol. The van der Waals surface area contributed by atoms with E-state index in [1.807, 2.05) is 6.07 Å². The average Bonchev–Trinajstić information content (AvgIpc) is 2.56. The summed E-state index contributed by atoms with van der Waals surface area (Å²) in [5, 5.41) is 3.51. The number of nitrogens with one attached hydrogen (secondary N) is 1. The lowest BCUT2D eigenvalue weighted by Gasteiger charge is -2.36.